The first kappa shape index (κ1) is 11.2. The number of anilines is 2. The van der Waals surface area contributed by atoms with Crippen LogP contribution < -0.4 is 10.6 Å². The van der Waals surface area contributed by atoms with Crippen molar-refractivity contribution in [2.45, 2.75) is 6.92 Å². The van der Waals surface area contributed by atoms with Gasteiger partial charge in [0.2, 0.25) is 0 Å². The molecule has 0 spiro atoms. The number of benzene rings is 1. The van der Waals surface area contributed by atoms with Gasteiger partial charge in [0.25, 0.3) is 0 Å². The summed E-state index contributed by atoms with van der Waals surface area (Å²) in [5.74, 6) is 0. The van der Waals surface area contributed by atoms with Gasteiger partial charge in [-0.2, -0.15) is 0 Å². The highest BCUT2D eigenvalue weighted by Crippen LogP contribution is 2.32. The molecule has 4 nitrogen and oxygen atoms in total. The minimum absolute atomic E-state index is 0.127. The monoisotopic (exact) mass is 237 g/mol. The Bertz CT molecular complexity index is 483. The largest absolute Gasteiger partial charge is 0.395 e. The van der Waals surface area contributed by atoms with Crippen molar-refractivity contribution < 1.29 is 5.11 Å². The van der Waals surface area contributed by atoms with Crippen molar-refractivity contribution in [3.63, 3.8) is 0 Å². The van der Waals surface area contributed by atoms with Gasteiger partial charge in [-0.25, -0.2) is 4.98 Å². The number of aliphatic hydroxyl groups is 1. The molecular formula is C11H15N3OS. The Balaban J connectivity index is 2.46. The van der Waals surface area contributed by atoms with Crippen molar-refractivity contribution >= 4 is 32.9 Å². The number of nitrogen functional groups attached to an aromatic ring is 1. The number of rotatable bonds is 4. The zero-order chi connectivity index (χ0) is 11.5. The minimum atomic E-state index is 0.127. The van der Waals surface area contributed by atoms with E-state index in [0.29, 0.717) is 12.2 Å². The maximum atomic E-state index is 9.00. The first-order chi connectivity index (χ1) is 7.77. The number of aliphatic hydroxyl groups excluding tert-OH is 1. The molecule has 2 aromatic rings. The quantitative estimate of drug-likeness (QED) is 0.794. The number of likely N-dealkylation sites (N-methyl/N-ethyl adjacent to an activating group) is 1. The molecule has 2 rings (SSSR count). The van der Waals surface area contributed by atoms with Crippen molar-refractivity contribution in [2.75, 3.05) is 30.3 Å². The molecule has 3 N–H and O–H groups in total. The summed E-state index contributed by atoms with van der Waals surface area (Å²) < 4.78 is 1.10. The average molecular weight is 237 g/mol. The number of aromatic nitrogens is 1. The predicted octanol–water partition coefficient (Wildman–Crippen LogP) is 1.70. The van der Waals surface area contributed by atoms with Gasteiger partial charge in [0, 0.05) is 13.1 Å². The Hall–Kier alpha value is -1.33. The van der Waals surface area contributed by atoms with Crippen LogP contribution in [0.1, 0.15) is 6.92 Å². The highest BCUT2D eigenvalue weighted by Gasteiger charge is 2.11. The van der Waals surface area contributed by atoms with Crippen molar-refractivity contribution in [3.8, 4) is 0 Å². The third kappa shape index (κ3) is 1.83. The Kier molecular flexibility index (Phi) is 3.26. The smallest absolute Gasteiger partial charge is 0.106 e. The van der Waals surface area contributed by atoms with E-state index in [1.807, 2.05) is 24.0 Å². The van der Waals surface area contributed by atoms with Crippen LogP contribution in [0.15, 0.2) is 17.6 Å². The molecule has 0 atom stereocenters. The fourth-order valence-corrected chi connectivity index (χ4v) is 2.48. The molecule has 0 saturated heterocycles. The summed E-state index contributed by atoms with van der Waals surface area (Å²) in [6, 6.07) is 4.02. The Morgan fingerprint density at radius 1 is 1.50 bits per heavy atom. The second-order valence-corrected chi connectivity index (χ2v) is 4.39. The van der Waals surface area contributed by atoms with Gasteiger partial charge in [-0.3, -0.25) is 0 Å². The summed E-state index contributed by atoms with van der Waals surface area (Å²) >= 11 is 1.58. The second-order valence-electron chi connectivity index (χ2n) is 3.50. The highest BCUT2D eigenvalue weighted by atomic mass is 32.1. The number of nitrogens with zero attached hydrogens (tertiary/aromatic N) is 2. The van der Waals surface area contributed by atoms with E-state index in [0.717, 1.165) is 22.4 Å². The van der Waals surface area contributed by atoms with E-state index in [4.69, 9.17) is 10.8 Å². The molecule has 0 radical (unpaired) electrons. The fraction of sp³-hybridized carbons (Fsp3) is 0.364. The first-order valence-electron chi connectivity index (χ1n) is 5.25. The second kappa shape index (κ2) is 4.67. The van der Waals surface area contributed by atoms with Crippen LogP contribution in [0.4, 0.5) is 11.4 Å². The normalized spacial score (nSPS) is 10.9. The molecule has 5 heteroatoms. The molecule has 1 heterocycles. The van der Waals surface area contributed by atoms with Gasteiger partial charge in [-0.05, 0) is 19.1 Å². The SMILES string of the molecule is CCN(CCO)c1ccc2scnc2c1N. The number of hydrogen-bond acceptors (Lipinski definition) is 5. The Morgan fingerprint density at radius 3 is 3.00 bits per heavy atom. The van der Waals surface area contributed by atoms with Crippen LogP contribution in [-0.2, 0) is 0 Å². The molecule has 0 aliphatic carbocycles. The maximum Gasteiger partial charge on any atom is 0.106 e. The van der Waals surface area contributed by atoms with Crippen molar-refractivity contribution in [3.05, 3.63) is 17.6 Å². The van der Waals surface area contributed by atoms with Crippen molar-refractivity contribution in [1.29, 1.82) is 0 Å². The lowest BCUT2D eigenvalue weighted by Crippen LogP contribution is -2.26. The summed E-state index contributed by atoms with van der Waals surface area (Å²) in [6.45, 7) is 3.58. The molecule has 0 saturated carbocycles. The van der Waals surface area contributed by atoms with Gasteiger partial charge in [0.05, 0.1) is 28.2 Å². The molecule has 0 unspecified atom stereocenters. The first-order valence-corrected chi connectivity index (χ1v) is 6.13. The molecule has 1 aromatic heterocycles. The van der Waals surface area contributed by atoms with E-state index in [-0.39, 0.29) is 6.61 Å². The zero-order valence-electron chi connectivity index (χ0n) is 9.18. The van der Waals surface area contributed by atoms with E-state index in [9.17, 15) is 0 Å². The maximum absolute atomic E-state index is 9.00. The predicted molar refractivity (Wildman–Crippen MR) is 69.0 cm³/mol. The lowest BCUT2D eigenvalue weighted by Gasteiger charge is -2.23. The molecule has 0 aliphatic rings. The van der Waals surface area contributed by atoms with Gasteiger partial charge in [0.15, 0.2) is 0 Å². The molecule has 0 amide bonds. The van der Waals surface area contributed by atoms with E-state index in [2.05, 4.69) is 4.98 Å². The molecule has 86 valence electrons. The van der Waals surface area contributed by atoms with Crippen molar-refractivity contribution in [1.82, 2.24) is 4.98 Å². The molecular weight excluding hydrogens is 222 g/mol. The lowest BCUT2D eigenvalue weighted by atomic mass is 10.2. The molecule has 0 aliphatic heterocycles. The number of fused-ring (bicyclic) bond motifs is 1. The van der Waals surface area contributed by atoms with Gasteiger partial charge in [-0.1, -0.05) is 0 Å². The van der Waals surface area contributed by atoms with E-state index < -0.39 is 0 Å². The zero-order valence-corrected chi connectivity index (χ0v) is 10.00. The fourth-order valence-electron chi connectivity index (χ4n) is 1.79. The number of thiazole rings is 1. The lowest BCUT2D eigenvalue weighted by molar-refractivity contribution is 0.302. The van der Waals surface area contributed by atoms with Crippen LogP contribution in [0.3, 0.4) is 0 Å². The van der Waals surface area contributed by atoms with E-state index >= 15 is 0 Å². The van der Waals surface area contributed by atoms with Gasteiger partial charge in [0.1, 0.15) is 5.52 Å². The summed E-state index contributed by atoms with van der Waals surface area (Å²) in [5.41, 5.74) is 10.4. The van der Waals surface area contributed by atoms with Crippen LogP contribution in [0.5, 0.6) is 0 Å². The van der Waals surface area contributed by atoms with Crippen LogP contribution in [-0.4, -0.2) is 29.8 Å². The highest BCUT2D eigenvalue weighted by molar-refractivity contribution is 7.16. The van der Waals surface area contributed by atoms with Gasteiger partial charge >= 0.3 is 0 Å². The molecule has 0 fully saturated rings. The van der Waals surface area contributed by atoms with Crippen LogP contribution in [0, 0.1) is 0 Å². The van der Waals surface area contributed by atoms with Crippen LogP contribution in [0.2, 0.25) is 0 Å². The average Bonchev–Trinajstić information content (AvgIpc) is 2.76. The Labute approximate surface area is 98.3 Å². The van der Waals surface area contributed by atoms with E-state index in [1.54, 1.807) is 16.8 Å². The molecule has 1 aromatic carbocycles. The van der Waals surface area contributed by atoms with Gasteiger partial charge in [-0.15, -0.1) is 11.3 Å². The summed E-state index contributed by atoms with van der Waals surface area (Å²) in [7, 11) is 0. The Morgan fingerprint density at radius 2 is 2.31 bits per heavy atom. The summed E-state index contributed by atoms with van der Waals surface area (Å²) in [5, 5.41) is 9.00. The van der Waals surface area contributed by atoms with Crippen LogP contribution in [0.25, 0.3) is 10.2 Å². The minimum Gasteiger partial charge on any atom is -0.395 e. The third-order valence-electron chi connectivity index (χ3n) is 2.61. The third-order valence-corrected chi connectivity index (χ3v) is 3.41. The summed E-state index contributed by atoms with van der Waals surface area (Å²) in [4.78, 5) is 6.31. The van der Waals surface area contributed by atoms with Gasteiger partial charge < -0.3 is 15.7 Å². The summed E-state index contributed by atoms with van der Waals surface area (Å²) in [6.07, 6.45) is 0. The van der Waals surface area contributed by atoms with Crippen LogP contribution >= 0.6 is 11.3 Å². The van der Waals surface area contributed by atoms with Crippen molar-refractivity contribution in [2.24, 2.45) is 0 Å². The molecule has 0 bridgehead atoms. The topological polar surface area (TPSA) is 62.4 Å². The van der Waals surface area contributed by atoms with E-state index in [1.165, 1.54) is 0 Å². The molecule has 16 heavy (non-hydrogen) atoms. The number of nitrogens with two attached hydrogens (primary N) is 1. The standard InChI is InChI=1S/C11H15N3OS/c1-2-14(5-6-15)8-3-4-9-11(10(8)12)13-7-16-9/h3-4,7,15H,2,5-6,12H2,1H3. The number of hydrogen-bond donors (Lipinski definition) is 2.